The summed E-state index contributed by atoms with van der Waals surface area (Å²) in [5.74, 6) is 1.13. The molecule has 20 heavy (non-hydrogen) atoms. The molecule has 0 saturated heterocycles. The van der Waals surface area contributed by atoms with Crippen molar-refractivity contribution in [1.82, 2.24) is 10.3 Å². The van der Waals surface area contributed by atoms with Crippen molar-refractivity contribution in [3.8, 4) is 0 Å². The number of hydrogen-bond acceptors (Lipinski definition) is 3. The van der Waals surface area contributed by atoms with Crippen LogP contribution in [0.2, 0.25) is 0 Å². The molecule has 0 amide bonds. The number of halogens is 1. The fraction of sp³-hybridized carbons (Fsp3) is 0.688. The van der Waals surface area contributed by atoms with Crippen LogP contribution in [0.25, 0.3) is 0 Å². The number of nitrogens with zero attached hydrogens (tertiary/aromatic N) is 2. The highest BCUT2D eigenvalue weighted by Gasteiger charge is 2.15. The van der Waals surface area contributed by atoms with E-state index in [2.05, 4.69) is 64.9 Å². The Kier molecular flexibility index (Phi) is 8.15. The van der Waals surface area contributed by atoms with Crippen LogP contribution in [-0.4, -0.2) is 24.1 Å². The molecule has 1 aromatic rings. The molecule has 0 aliphatic rings. The lowest BCUT2D eigenvalue weighted by atomic mass is 10.1. The Labute approximate surface area is 132 Å². The second kappa shape index (κ2) is 9.35. The maximum absolute atomic E-state index is 4.67. The van der Waals surface area contributed by atoms with Gasteiger partial charge in [0.25, 0.3) is 0 Å². The molecule has 1 heterocycles. The monoisotopic (exact) mass is 341 g/mol. The minimum atomic E-state index is 0.473. The summed E-state index contributed by atoms with van der Waals surface area (Å²) in [6.45, 7) is 11.8. The van der Waals surface area contributed by atoms with Crippen molar-refractivity contribution in [1.29, 1.82) is 0 Å². The molecule has 4 heteroatoms. The molecule has 0 aliphatic heterocycles. The fourth-order valence-corrected chi connectivity index (χ4v) is 2.64. The van der Waals surface area contributed by atoms with Gasteiger partial charge in [0.1, 0.15) is 5.82 Å². The van der Waals surface area contributed by atoms with E-state index in [0.29, 0.717) is 6.04 Å². The van der Waals surface area contributed by atoms with Gasteiger partial charge in [0.15, 0.2) is 0 Å². The van der Waals surface area contributed by atoms with E-state index in [4.69, 9.17) is 0 Å². The number of nitrogens with one attached hydrogen (secondary N) is 1. The Bertz CT molecular complexity index is 393. The van der Waals surface area contributed by atoms with Crippen LogP contribution in [0.1, 0.15) is 52.5 Å². The largest absolute Gasteiger partial charge is 0.354 e. The average Bonchev–Trinajstić information content (AvgIpc) is 2.42. The van der Waals surface area contributed by atoms with Crippen LogP contribution in [0.3, 0.4) is 0 Å². The van der Waals surface area contributed by atoms with Crippen LogP contribution in [0.4, 0.5) is 5.82 Å². The van der Waals surface area contributed by atoms with Crippen molar-refractivity contribution in [2.75, 3.05) is 18.0 Å². The predicted molar refractivity (Wildman–Crippen MR) is 91.3 cm³/mol. The van der Waals surface area contributed by atoms with E-state index in [1.165, 1.54) is 24.8 Å². The quantitative estimate of drug-likeness (QED) is 0.676. The van der Waals surface area contributed by atoms with Crippen molar-refractivity contribution < 1.29 is 0 Å². The summed E-state index contributed by atoms with van der Waals surface area (Å²) in [4.78, 5) is 7.10. The zero-order valence-electron chi connectivity index (χ0n) is 13.2. The van der Waals surface area contributed by atoms with Crippen LogP contribution in [0, 0.1) is 0 Å². The van der Waals surface area contributed by atoms with Crippen LogP contribution in [-0.2, 0) is 6.54 Å². The smallest absolute Gasteiger partial charge is 0.133 e. The summed E-state index contributed by atoms with van der Waals surface area (Å²) >= 11 is 3.53. The maximum atomic E-state index is 4.67. The van der Waals surface area contributed by atoms with Gasteiger partial charge >= 0.3 is 0 Å². The summed E-state index contributed by atoms with van der Waals surface area (Å²) in [6, 6.07) is 2.65. The number of aromatic nitrogens is 1. The third-order valence-electron chi connectivity index (χ3n) is 3.37. The van der Waals surface area contributed by atoms with E-state index >= 15 is 0 Å². The lowest BCUT2D eigenvalue weighted by Crippen LogP contribution is -2.34. The summed E-state index contributed by atoms with van der Waals surface area (Å²) in [5, 5.41) is 3.41. The molecular weight excluding hydrogens is 314 g/mol. The lowest BCUT2D eigenvalue weighted by Gasteiger charge is -2.30. The molecule has 0 atom stereocenters. The van der Waals surface area contributed by atoms with Gasteiger partial charge in [-0.05, 0) is 48.8 Å². The van der Waals surface area contributed by atoms with E-state index in [1.54, 1.807) is 0 Å². The Morgan fingerprint density at radius 2 is 2.05 bits per heavy atom. The van der Waals surface area contributed by atoms with Crippen LogP contribution in [0.5, 0.6) is 0 Å². The molecule has 1 N–H and O–H groups in total. The number of pyridine rings is 1. The van der Waals surface area contributed by atoms with Crippen molar-refractivity contribution in [3.63, 3.8) is 0 Å². The maximum Gasteiger partial charge on any atom is 0.133 e. The molecule has 0 aliphatic carbocycles. The molecule has 0 aromatic carbocycles. The van der Waals surface area contributed by atoms with Crippen molar-refractivity contribution in [2.45, 2.75) is 59.5 Å². The zero-order valence-corrected chi connectivity index (χ0v) is 14.8. The minimum Gasteiger partial charge on any atom is -0.354 e. The number of hydrogen-bond donors (Lipinski definition) is 1. The number of anilines is 1. The van der Waals surface area contributed by atoms with Gasteiger partial charge in [0.2, 0.25) is 0 Å². The summed E-state index contributed by atoms with van der Waals surface area (Å²) < 4.78 is 1.05. The highest BCUT2D eigenvalue weighted by Crippen LogP contribution is 2.24. The van der Waals surface area contributed by atoms with Gasteiger partial charge in [0, 0.05) is 35.4 Å². The van der Waals surface area contributed by atoms with Gasteiger partial charge < -0.3 is 10.2 Å². The first-order valence-electron chi connectivity index (χ1n) is 7.71. The van der Waals surface area contributed by atoms with Gasteiger partial charge in [-0.1, -0.05) is 26.7 Å². The molecule has 1 aromatic heterocycles. The van der Waals surface area contributed by atoms with Crippen LogP contribution >= 0.6 is 15.9 Å². The van der Waals surface area contributed by atoms with Crippen LogP contribution in [0.15, 0.2) is 16.7 Å². The molecule has 0 saturated carbocycles. The summed E-state index contributed by atoms with van der Waals surface area (Å²) in [7, 11) is 0. The first-order chi connectivity index (χ1) is 9.60. The Hall–Kier alpha value is -0.610. The minimum absolute atomic E-state index is 0.473. The van der Waals surface area contributed by atoms with Crippen molar-refractivity contribution in [3.05, 3.63) is 22.3 Å². The lowest BCUT2D eigenvalue weighted by molar-refractivity contribution is 0.613. The second-order valence-electron chi connectivity index (χ2n) is 5.41. The molecule has 0 spiro atoms. The molecule has 114 valence electrons. The molecule has 0 unspecified atom stereocenters. The van der Waals surface area contributed by atoms with E-state index in [0.717, 1.165) is 29.9 Å². The topological polar surface area (TPSA) is 28.2 Å². The van der Waals surface area contributed by atoms with Gasteiger partial charge in [-0.25, -0.2) is 4.98 Å². The molecule has 0 fully saturated rings. The highest BCUT2D eigenvalue weighted by molar-refractivity contribution is 9.10. The Balaban J connectivity index is 2.92. The Morgan fingerprint density at radius 1 is 1.30 bits per heavy atom. The van der Waals surface area contributed by atoms with Gasteiger partial charge in [0.05, 0.1) is 0 Å². The van der Waals surface area contributed by atoms with E-state index in [9.17, 15) is 0 Å². The van der Waals surface area contributed by atoms with Gasteiger partial charge in [-0.2, -0.15) is 0 Å². The third-order valence-corrected chi connectivity index (χ3v) is 3.81. The fourth-order valence-electron chi connectivity index (χ4n) is 2.26. The third kappa shape index (κ3) is 5.41. The highest BCUT2D eigenvalue weighted by atomic mass is 79.9. The Morgan fingerprint density at radius 3 is 2.65 bits per heavy atom. The molecule has 0 radical (unpaired) electrons. The second-order valence-corrected chi connectivity index (χ2v) is 6.33. The average molecular weight is 342 g/mol. The molecule has 1 rings (SSSR count). The molecular formula is C16H28BrN3. The number of unbranched alkanes of at least 4 members (excludes halogenated alkanes) is 2. The summed E-state index contributed by atoms with van der Waals surface area (Å²) in [5.41, 5.74) is 1.27. The van der Waals surface area contributed by atoms with Gasteiger partial charge in [-0.15, -0.1) is 0 Å². The normalized spacial score (nSPS) is 11.1. The standard InChI is InChI=1S/C16H28BrN3/c1-5-7-8-9-20(13(3)4)16-14(11-18-6-2)10-15(17)12-19-16/h10,12-13,18H,5-9,11H2,1-4H3. The van der Waals surface area contributed by atoms with Crippen molar-refractivity contribution in [2.24, 2.45) is 0 Å². The predicted octanol–water partition coefficient (Wildman–Crippen LogP) is 4.36. The first kappa shape index (κ1) is 17.4. The summed E-state index contributed by atoms with van der Waals surface area (Å²) in [6.07, 6.45) is 5.67. The van der Waals surface area contributed by atoms with Crippen molar-refractivity contribution >= 4 is 21.7 Å². The first-order valence-corrected chi connectivity index (χ1v) is 8.51. The van der Waals surface area contributed by atoms with E-state index < -0.39 is 0 Å². The van der Waals surface area contributed by atoms with Gasteiger partial charge in [-0.3, -0.25) is 0 Å². The molecule has 0 bridgehead atoms. The van der Waals surface area contributed by atoms with E-state index in [1.807, 2.05) is 6.20 Å². The SMILES string of the molecule is CCCCCN(c1ncc(Br)cc1CNCC)C(C)C. The van der Waals surface area contributed by atoms with E-state index in [-0.39, 0.29) is 0 Å². The number of rotatable bonds is 9. The molecule has 3 nitrogen and oxygen atoms in total. The van der Waals surface area contributed by atoms with Crippen LogP contribution < -0.4 is 10.2 Å². The zero-order chi connectivity index (χ0) is 15.0.